The van der Waals surface area contributed by atoms with Crippen molar-refractivity contribution in [1.82, 2.24) is 14.9 Å². The van der Waals surface area contributed by atoms with E-state index in [0.29, 0.717) is 31.5 Å². The Hall–Kier alpha value is -4.64. The third-order valence-corrected chi connectivity index (χ3v) is 8.37. The van der Waals surface area contributed by atoms with Gasteiger partial charge in [0.15, 0.2) is 5.03 Å². The Balaban J connectivity index is 1.15. The zero-order valence-electron chi connectivity index (χ0n) is 22.2. The van der Waals surface area contributed by atoms with E-state index in [0.717, 1.165) is 35.6 Å². The molecule has 3 heterocycles. The molecule has 4 aromatic rings. The zero-order valence-corrected chi connectivity index (χ0v) is 23.0. The van der Waals surface area contributed by atoms with Gasteiger partial charge in [-0.2, -0.15) is 0 Å². The number of sulfone groups is 1. The summed E-state index contributed by atoms with van der Waals surface area (Å²) in [5, 5.41) is 2.36. The van der Waals surface area contributed by atoms with E-state index in [1.807, 2.05) is 31.2 Å². The lowest BCUT2D eigenvalue weighted by Gasteiger charge is -2.32. The number of amides is 2. The maximum atomic E-state index is 13.1. The predicted octanol–water partition coefficient (Wildman–Crippen LogP) is 4.69. The largest absolute Gasteiger partial charge is 0.490 e. The summed E-state index contributed by atoms with van der Waals surface area (Å²) in [4.78, 5) is 35.4. The third kappa shape index (κ3) is 6.58. The van der Waals surface area contributed by atoms with E-state index in [9.17, 15) is 22.4 Å². The quantitative estimate of drug-likeness (QED) is 0.318. The number of carbonyl (C=O) groups is 2. The van der Waals surface area contributed by atoms with Gasteiger partial charge in [0.05, 0.1) is 22.3 Å². The number of piperidine rings is 1. The van der Waals surface area contributed by atoms with Gasteiger partial charge >= 0.3 is 0 Å². The molecule has 1 fully saturated rings. The van der Waals surface area contributed by atoms with E-state index >= 15 is 0 Å². The first-order chi connectivity index (χ1) is 19.7. The number of aryl methyl sites for hydroxylation is 1. The van der Waals surface area contributed by atoms with Crippen molar-refractivity contribution in [2.24, 2.45) is 0 Å². The standard InChI is InChI=1S/C30H27FN4O5S/c1-20-2-8-24(9-3-20)40-25-14-16-35(17-15-25)30(37)21-4-12-27(32-18-21)29(36)34-23-7-13-28(33-19-23)41(38,39)26-10-5-22(31)6-11-26/h2-13,18-19,25H,14-17H2,1H3,(H,34,36). The molecule has 0 spiro atoms. The second kappa shape index (κ2) is 11.8. The molecule has 0 atom stereocenters. The van der Waals surface area contributed by atoms with Gasteiger partial charge in [0.1, 0.15) is 23.4 Å². The SMILES string of the molecule is Cc1ccc(OC2CCN(C(=O)c3ccc(C(=O)Nc4ccc(S(=O)(=O)c5ccc(F)cc5)nc4)nc3)CC2)cc1. The van der Waals surface area contributed by atoms with E-state index in [2.05, 4.69) is 15.3 Å². The van der Waals surface area contributed by atoms with Crippen LogP contribution in [0.4, 0.5) is 10.1 Å². The number of anilines is 1. The molecule has 0 aliphatic carbocycles. The molecule has 0 saturated carbocycles. The Morgan fingerprint density at radius 2 is 1.61 bits per heavy atom. The van der Waals surface area contributed by atoms with Crippen LogP contribution >= 0.6 is 0 Å². The van der Waals surface area contributed by atoms with Crippen LogP contribution in [0.1, 0.15) is 39.3 Å². The monoisotopic (exact) mass is 574 g/mol. The first kappa shape index (κ1) is 27.9. The van der Waals surface area contributed by atoms with Crippen molar-refractivity contribution in [3.8, 4) is 5.75 Å². The zero-order chi connectivity index (χ0) is 29.0. The second-order valence-corrected chi connectivity index (χ2v) is 11.5. The fourth-order valence-electron chi connectivity index (χ4n) is 4.37. The maximum Gasteiger partial charge on any atom is 0.274 e. The van der Waals surface area contributed by atoms with Gasteiger partial charge in [-0.25, -0.2) is 17.8 Å². The molecule has 11 heteroatoms. The number of carbonyl (C=O) groups excluding carboxylic acids is 2. The number of ether oxygens (including phenoxy) is 1. The van der Waals surface area contributed by atoms with Gasteiger partial charge in [-0.15, -0.1) is 0 Å². The molecule has 1 N–H and O–H groups in total. The summed E-state index contributed by atoms with van der Waals surface area (Å²) in [5.74, 6) is -0.445. The highest BCUT2D eigenvalue weighted by atomic mass is 32.2. The molecule has 210 valence electrons. The lowest BCUT2D eigenvalue weighted by Crippen LogP contribution is -2.41. The molecule has 1 saturated heterocycles. The summed E-state index contributed by atoms with van der Waals surface area (Å²) in [5.41, 5.74) is 1.87. The van der Waals surface area contributed by atoms with Crippen molar-refractivity contribution in [1.29, 1.82) is 0 Å². The predicted molar refractivity (Wildman–Crippen MR) is 149 cm³/mol. The van der Waals surface area contributed by atoms with Crippen molar-refractivity contribution in [3.05, 3.63) is 108 Å². The highest BCUT2D eigenvalue weighted by molar-refractivity contribution is 7.91. The molecule has 5 rings (SSSR count). The minimum Gasteiger partial charge on any atom is -0.490 e. The van der Waals surface area contributed by atoms with Crippen LogP contribution in [0.5, 0.6) is 5.75 Å². The third-order valence-electron chi connectivity index (χ3n) is 6.69. The lowest BCUT2D eigenvalue weighted by molar-refractivity contribution is 0.0594. The van der Waals surface area contributed by atoms with Crippen LogP contribution < -0.4 is 10.1 Å². The van der Waals surface area contributed by atoms with Gasteiger partial charge in [0, 0.05) is 32.1 Å². The first-order valence-corrected chi connectivity index (χ1v) is 14.4. The van der Waals surface area contributed by atoms with Crippen LogP contribution in [0, 0.1) is 12.7 Å². The van der Waals surface area contributed by atoms with Crippen molar-refractivity contribution in [2.75, 3.05) is 18.4 Å². The van der Waals surface area contributed by atoms with Gasteiger partial charge < -0.3 is 15.0 Å². The van der Waals surface area contributed by atoms with Crippen molar-refractivity contribution in [3.63, 3.8) is 0 Å². The molecule has 9 nitrogen and oxygen atoms in total. The number of nitrogens with one attached hydrogen (secondary N) is 1. The molecule has 2 amide bonds. The van der Waals surface area contributed by atoms with Crippen LogP contribution in [0.2, 0.25) is 0 Å². The summed E-state index contributed by atoms with van der Waals surface area (Å²) in [6, 6.07) is 18.0. The molecule has 41 heavy (non-hydrogen) atoms. The Kier molecular flexibility index (Phi) is 8.06. The molecular weight excluding hydrogens is 547 g/mol. The highest BCUT2D eigenvalue weighted by Crippen LogP contribution is 2.22. The molecule has 0 unspecified atom stereocenters. The number of nitrogens with zero attached hydrogens (tertiary/aromatic N) is 3. The number of hydrogen-bond acceptors (Lipinski definition) is 7. The number of halogens is 1. The molecule has 1 aliphatic heterocycles. The van der Waals surface area contributed by atoms with Gasteiger partial charge in [0.2, 0.25) is 9.84 Å². The van der Waals surface area contributed by atoms with E-state index in [1.54, 1.807) is 11.0 Å². The van der Waals surface area contributed by atoms with Crippen LogP contribution in [0.15, 0.2) is 95.1 Å². The number of likely N-dealkylation sites (tertiary alicyclic amines) is 1. The van der Waals surface area contributed by atoms with Gasteiger partial charge in [-0.05, 0) is 67.6 Å². The maximum absolute atomic E-state index is 13.1. The number of hydrogen-bond donors (Lipinski definition) is 1. The Bertz CT molecular complexity index is 1640. The summed E-state index contributed by atoms with van der Waals surface area (Å²) in [7, 11) is -3.94. The highest BCUT2D eigenvalue weighted by Gasteiger charge is 2.25. The summed E-state index contributed by atoms with van der Waals surface area (Å²) in [6.45, 7) is 3.13. The van der Waals surface area contributed by atoms with Crippen LogP contribution in [0.3, 0.4) is 0 Å². The summed E-state index contributed by atoms with van der Waals surface area (Å²) < 4.78 is 44.5. The fourth-order valence-corrected chi connectivity index (χ4v) is 5.54. The Labute approximate surface area is 236 Å². The Morgan fingerprint density at radius 1 is 0.902 bits per heavy atom. The van der Waals surface area contributed by atoms with Crippen LogP contribution in [-0.4, -0.2) is 54.3 Å². The number of aromatic nitrogens is 2. The minimum absolute atomic E-state index is 0.0394. The second-order valence-electron chi connectivity index (χ2n) is 9.65. The molecule has 1 aliphatic rings. The summed E-state index contributed by atoms with van der Waals surface area (Å²) in [6.07, 6.45) is 4.04. The van der Waals surface area contributed by atoms with Crippen molar-refractivity contribution < 1.29 is 27.1 Å². The fraction of sp³-hybridized carbons (Fsp3) is 0.200. The first-order valence-electron chi connectivity index (χ1n) is 13.0. The van der Waals surface area contributed by atoms with E-state index in [4.69, 9.17) is 4.74 Å². The number of rotatable bonds is 7. The lowest BCUT2D eigenvalue weighted by atomic mass is 10.1. The smallest absolute Gasteiger partial charge is 0.274 e. The average molecular weight is 575 g/mol. The molecular formula is C30H27FN4O5S. The van der Waals surface area contributed by atoms with Crippen LogP contribution in [-0.2, 0) is 9.84 Å². The molecule has 0 bridgehead atoms. The molecule has 2 aromatic carbocycles. The van der Waals surface area contributed by atoms with Crippen molar-refractivity contribution >= 4 is 27.3 Å². The average Bonchev–Trinajstić information content (AvgIpc) is 2.99. The van der Waals surface area contributed by atoms with Crippen molar-refractivity contribution in [2.45, 2.75) is 35.8 Å². The number of benzene rings is 2. The topological polar surface area (TPSA) is 119 Å². The van der Waals surface area contributed by atoms with E-state index < -0.39 is 21.6 Å². The van der Waals surface area contributed by atoms with Gasteiger partial charge in [0.25, 0.3) is 11.8 Å². The van der Waals surface area contributed by atoms with Gasteiger partial charge in [-0.1, -0.05) is 17.7 Å². The summed E-state index contributed by atoms with van der Waals surface area (Å²) >= 11 is 0. The van der Waals surface area contributed by atoms with Crippen LogP contribution in [0.25, 0.3) is 0 Å². The minimum atomic E-state index is -3.94. The van der Waals surface area contributed by atoms with E-state index in [-0.39, 0.29) is 33.3 Å². The van der Waals surface area contributed by atoms with E-state index in [1.165, 1.54) is 30.6 Å². The van der Waals surface area contributed by atoms with Gasteiger partial charge in [-0.3, -0.25) is 14.6 Å². The Morgan fingerprint density at radius 3 is 2.22 bits per heavy atom. The molecule has 0 radical (unpaired) electrons. The number of pyridine rings is 2. The molecule has 2 aromatic heterocycles. The normalized spacial score (nSPS) is 14.0.